The molecule has 3 nitrogen and oxygen atoms in total. The summed E-state index contributed by atoms with van der Waals surface area (Å²) in [5, 5.41) is 2.61. The predicted octanol–water partition coefficient (Wildman–Crippen LogP) is 4.02. The molecule has 2 aliphatic heterocycles. The molecule has 0 bridgehead atoms. The van der Waals surface area contributed by atoms with Crippen molar-refractivity contribution in [3.63, 3.8) is 0 Å². The van der Waals surface area contributed by atoms with Crippen LogP contribution in [-0.4, -0.2) is 53.7 Å². The van der Waals surface area contributed by atoms with Crippen LogP contribution in [-0.2, 0) is 4.79 Å². The third-order valence-electron chi connectivity index (χ3n) is 5.44. The Morgan fingerprint density at radius 3 is 2.68 bits per heavy atom. The van der Waals surface area contributed by atoms with Gasteiger partial charge in [-0.1, -0.05) is 36.4 Å². The number of nitrogens with zero attached hydrogens (tertiary/aromatic N) is 2. The van der Waals surface area contributed by atoms with E-state index in [9.17, 15) is 4.79 Å². The van der Waals surface area contributed by atoms with E-state index in [1.165, 1.54) is 28.5 Å². The van der Waals surface area contributed by atoms with Gasteiger partial charge in [0.15, 0.2) is 0 Å². The molecule has 1 unspecified atom stereocenters. The number of hydrogen-bond acceptors (Lipinski definition) is 3. The lowest BCUT2D eigenvalue weighted by Crippen LogP contribution is -2.42. The van der Waals surface area contributed by atoms with Crippen molar-refractivity contribution in [2.45, 2.75) is 36.6 Å². The highest BCUT2D eigenvalue weighted by Crippen LogP contribution is 2.31. The first kappa shape index (κ1) is 16.9. The number of fused-ring (bicyclic) bond motifs is 1. The molecule has 0 saturated carbocycles. The fourth-order valence-electron chi connectivity index (χ4n) is 4.07. The van der Waals surface area contributed by atoms with Crippen molar-refractivity contribution in [3.05, 3.63) is 42.5 Å². The number of carbonyl (C=O) groups excluding carboxylic acids is 1. The lowest BCUT2D eigenvalue weighted by molar-refractivity contribution is -0.132. The van der Waals surface area contributed by atoms with E-state index < -0.39 is 0 Å². The fourth-order valence-corrected chi connectivity index (χ4v) is 5.30. The molecule has 0 aliphatic carbocycles. The Kier molecular flexibility index (Phi) is 5.28. The minimum atomic E-state index is 0.336. The van der Waals surface area contributed by atoms with Gasteiger partial charge in [-0.05, 0) is 55.6 Å². The number of amides is 1. The number of thioether (sulfide) groups is 1. The van der Waals surface area contributed by atoms with E-state index in [2.05, 4.69) is 52.3 Å². The maximum Gasteiger partial charge on any atom is 0.237 e. The highest BCUT2D eigenvalue weighted by Gasteiger charge is 2.30. The maximum atomic E-state index is 12.7. The van der Waals surface area contributed by atoms with Crippen LogP contribution in [0, 0.1) is 0 Å². The van der Waals surface area contributed by atoms with Crippen molar-refractivity contribution < 1.29 is 4.79 Å². The van der Waals surface area contributed by atoms with E-state index in [0.717, 1.165) is 38.2 Å². The molecule has 2 fully saturated rings. The summed E-state index contributed by atoms with van der Waals surface area (Å²) in [5.41, 5.74) is 0. The second kappa shape index (κ2) is 7.79. The zero-order chi connectivity index (χ0) is 17.1. The van der Waals surface area contributed by atoms with Crippen LogP contribution in [0.15, 0.2) is 47.4 Å². The van der Waals surface area contributed by atoms with Crippen LogP contribution in [0.5, 0.6) is 0 Å². The summed E-state index contributed by atoms with van der Waals surface area (Å²) in [7, 11) is 0. The lowest BCUT2D eigenvalue weighted by Gasteiger charge is -2.27. The minimum absolute atomic E-state index is 0.336. The molecule has 1 atom stereocenters. The first-order valence-electron chi connectivity index (χ1n) is 9.44. The molecule has 25 heavy (non-hydrogen) atoms. The number of carbonyl (C=O) groups is 1. The topological polar surface area (TPSA) is 23.6 Å². The first-order valence-corrected chi connectivity index (χ1v) is 10.4. The van der Waals surface area contributed by atoms with Gasteiger partial charge in [0, 0.05) is 23.2 Å². The highest BCUT2D eigenvalue weighted by atomic mass is 32.2. The Labute approximate surface area is 154 Å². The van der Waals surface area contributed by atoms with Gasteiger partial charge in [0.2, 0.25) is 5.91 Å². The van der Waals surface area contributed by atoms with Gasteiger partial charge in [-0.25, -0.2) is 0 Å². The van der Waals surface area contributed by atoms with Crippen LogP contribution in [0.3, 0.4) is 0 Å². The van der Waals surface area contributed by atoms with Crippen LogP contribution in [0.1, 0.15) is 25.7 Å². The molecular formula is C21H26N2OS. The smallest absolute Gasteiger partial charge is 0.237 e. The van der Waals surface area contributed by atoms with E-state index in [-0.39, 0.29) is 0 Å². The van der Waals surface area contributed by atoms with Crippen LogP contribution in [0.2, 0.25) is 0 Å². The Bertz CT molecular complexity index is 736. The molecule has 132 valence electrons. The van der Waals surface area contributed by atoms with Crippen LogP contribution < -0.4 is 0 Å². The van der Waals surface area contributed by atoms with Gasteiger partial charge in [0.1, 0.15) is 0 Å². The molecule has 2 saturated heterocycles. The molecule has 4 rings (SSSR count). The van der Waals surface area contributed by atoms with Gasteiger partial charge >= 0.3 is 0 Å². The number of benzene rings is 2. The predicted molar refractivity (Wildman–Crippen MR) is 105 cm³/mol. The van der Waals surface area contributed by atoms with Crippen molar-refractivity contribution in [1.29, 1.82) is 0 Å². The average molecular weight is 355 g/mol. The van der Waals surface area contributed by atoms with Gasteiger partial charge in [0.25, 0.3) is 0 Å². The van der Waals surface area contributed by atoms with Gasteiger partial charge in [-0.3, -0.25) is 9.69 Å². The normalized spacial score (nSPS) is 21.3. The summed E-state index contributed by atoms with van der Waals surface area (Å²) in [6.45, 7) is 3.74. The van der Waals surface area contributed by atoms with Crippen molar-refractivity contribution in [2.24, 2.45) is 0 Å². The van der Waals surface area contributed by atoms with Gasteiger partial charge in [-0.15, -0.1) is 11.8 Å². The summed E-state index contributed by atoms with van der Waals surface area (Å²) in [4.78, 5) is 18.5. The fraction of sp³-hybridized carbons (Fsp3) is 0.476. The third-order valence-corrected chi connectivity index (χ3v) is 6.65. The number of rotatable bonds is 5. The molecule has 2 aromatic carbocycles. The van der Waals surface area contributed by atoms with Crippen molar-refractivity contribution in [2.75, 3.05) is 31.9 Å². The molecule has 2 aliphatic rings. The molecule has 0 N–H and O–H groups in total. The minimum Gasteiger partial charge on any atom is -0.338 e. The molecule has 2 aromatic rings. The first-order chi connectivity index (χ1) is 12.3. The van der Waals surface area contributed by atoms with Crippen molar-refractivity contribution in [3.8, 4) is 0 Å². The largest absolute Gasteiger partial charge is 0.338 e. The van der Waals surface area contributed by atoms with Gasteiger partial charge in [-0.2, -0.15) is 0 Å². The molecule has 0 radical (unpaired) electrons. The summed E-state index contributed by atoms with van der Waals surface area (Å²) >= 11 is 1.90. The molecule has 2 heterocycles. The zero-order valence-corrected chi connectivity index (χ0v) is 15.5. The van der Waals surface area contributed by atoms with Crippen molar-refractivity contribution >= 4 is 28.4 Å². The van der Waals surface area contributed by atoms with E-state index in [0.29, 0.717) is 18.5 Å². The van der Waals surface area contributed by atoms with Crippen LogP contribution in [0.4, 0.5) is 0 Å². The summed E-state index contributed by atoms with van der Waals surface area (Å²) in [5.74, 6) is 1.34. The van der Waals surface area contributed by atoms with E-state index in [1.54, 1.807) is 0 Å². The Hall–Kier alpha value is -1.52. The third kappa shape index (κ3) is 3.85. The van der Waals surface area contributed by atoms with Gasteiger partial charge in [0.05, 0.1) is 6.54 Å². The van der Waals surface area contributed by atoms with Crippen LogP contribution >= 0.6 is 11.8 Å². The average Bonchev–Trinajstić information content (AvgIpc) is 3.31. The zero-order valence-electron chi connectivity index (χ0n) is 14.7. The quantitative estimate of drug-likeness (QED) is 0.758. The molecule has 0 aromatic heterocycles. The Balaban J connectivity index is 1.40. The molecule has 4 heteroatoms. The second-order valence-corrected chi connectivity index (χ2v) is 8.22. The van der Waals surface area contributed by atoms with Crippen LogP contribution in [0.25, 0.3) is 10.8 Å². The summed E-state index contributed by atoms with van der Waals surface area (Å²) < 4.78 is 0. The lowest BCUT2D eigenvalue weighted by atomic mass is 10.1. The summed E-state index contributed by atoms with van der Waals surface area (Å²) in [6.07, 6.45) is 4.78. The molecule has 0 spiro atoms. The van der Waals surface area contributed by atoms with E-state index >= 15 is 0 Å². The number of hydrogen-bond donors (Lipinski definition) is 0. The molecular weight excluding hydrogens is 328 g/mol. The molecule has 1 amide bonds. The Morgan fingerprint density at radius 2 is 1.80 bits per heavy atom. The monoisotopic (exact) mass is 354 g/mol. The second-order valence-electron chi connectivity index (χ2n) is 7.15. The van der Waals surface area contributed by atoms with E-state index in [4.69, 9.17) is 0 Å². The standard InChI is InChI=1S/C21H26N2OS/c24-21(15-22-12-3-4-13-22)23-14-6-9-18(23)16-25-20-11-5-8-17-7-1-2-10-19(17)20/h1-2,5,7-8,10-11,18H,3-4,6,9,12-16H2. The SMILES string of the molecule is O=C(CN1CCCC1)N1CCCC1CSc1cccc2ccccc12. The van der Waals surface area contributed by atoms with Gasteiger partial charge < -0.3 is 4.90 Å². The number of likely N-dealkylation sites (tertiary alicyclic amines) is 2. The summed E-state index contributed by atoms with van der Waals surface area (Å²) in [6, 6.07) is 15.5. The highest BCUT2D eigenvalue weighted by molar-refractivity contribution is 7.99. The Morgan fingerprint density at radius 1 is 1.00 bits per heavy atom. The van der Waals surface area contributed by atoms with Crippen molar-refractivity contribution in [1.82, 2.24) is 9.80 Å². The van der Waals surface area contributed by atoms with E-state index in [1.807, 2.05) is 11.8 Å². The maximum absolute atomic E-state index is 12.7.